The van der Waals surface area contributed by atoms with Crippen LogP contribution in [0.25, 0.3) is 5.76 Å². The van der Waals surface area contributed by atoms with Crippen LogP contribution in [0.1, 0.15) is 16.7 Å². The first-order chi connectivity index (χ1) is 11.4. The van der Waals surface area contributed by atoms with Gasteiger partial charge in [-0.2, -0.15) is 0 Å². The second-order valence-electron chi connectivity index (χ2n) is 5.40. The van der Waals surface area contributed by atoms with E-state index >= 15 is 0 Å². The molecule has 2 aromatic carbocycles. The Balaban J connectivity index is 2.13. The molecule has 0 aliphatic heterocycles. The second-order valence-corrected chi connectivity index (χ2v) is 5.40. The molecule has 0 saturated heterocycles. The van der Waals surface area contributed by atoms with Crippen LogP contribution in [0, 0.1) is 13.8 Å². The lowest BCUT2D eigenvalue weighted by atomic mass is 10.1. The predicted molar refractivity (Wildman–Crippen MR) is 93.2 cm³/mol. The van der Waals surface area contributed by atoms with Gasteiger partial charge in [-0.1, -0.05) is 29.8 Å². The Kier molecular flexibility index (Phi) is 5.37. The average Bonchev–Trinajstić information content (AvgIpc) is 2.57. The highest BCUT2D eigenvalue weighted by atomic mass is 16.5. The largest absolute Gasteiger partial charge is 0.507 e. The van der Waals surface area contributed by atoms with Gasteiger partial charge in [-0.05, 0) is 37.6 Å². The minimum absolute atomic E-state index is 0.297. The van der Waals surface area contributed by atoms with E-state index in [-0.39, 0.29) is 5.76 Å². The molecule has 5 heteroatoms. The molecule has 24 heavy (non-hydrogen) atoms. The molecule has 0 heterocycles. The molecule has 5 nitrogen and oxygen atoms in total. The Morgan fingerprint density at radius 3 is 2.54 bits per heavy atom. The maximum absolute atomic E-state index is 12.0. The summed E-state index contributed by atoms with van der Waals surface area (Å²) in [5, 5.41) is 12.6. The molecular weight excluding hydrogens is 306 g/mol. The van der Waals surface area contributed by atoms with E-state index in [1.54, 1.807) is 30.3 Å². The van der Waals surface area contributed by atoms with Gasteiger partial charge in [0.2, 0.25) is 5.78 Å². The minimum Gasteiger partial charge on any atom is -0.507 e. The van der Waals surface area contributed by atoms with Crippen molar-refractivity contribution in [3.8, 4) is 5.75 Å². The van der Waals surface area contributed by atoms with Gasteiger partial charge in [0.15, 0.2) is 0 Å². The molecule has 0 fully saturated rings. The SMILES string of the molecule is COc1cccc(/C(O)=C/C(=O)C(=O)Nc2ccc(C)cc2C)c1. The second kappa shape index (κ2) is 7.46. The first kappa shape index (κ1) is 17.3. The minimum atomic E-state index is -0.838. The van der Waals surface area contributed by atoms with Gasteiger partial charge in [0.05, 0.1) is 7.11 Å². The molecule has 0 saturated carbocycles. The molecular formula is C19H19NO4. The fourth-order valence-electron chi connectivity index (χ4n) is 2.19. The van der Waals surface area contributed by atoms with Crippen molar-refractivity contribution in [2.45, 2.75) is 13.8 Å². The summed E-state index contributed by atoms with van der Waals surface area (Å²) in [4.78, 5) is 24.0. The third kappa shape index (κ3) is 4.23. The molecule has 0 radical (unpaired) electrons. The zero-order valence-corrected chi connectivity index (χ0v) is 13.8. The molecule has 0 aromatic heterocycles. The number of aryl methyl sites for hydroxylation is 2. The number of amides is 1. The molecule has 0 bridgehead atoms. The molecule has 2 aromatic rings. The summed E-state index contributed by atoms with van der Waals surface area (Å²) in [6.07, 6.45) is 0.896. The predicted octanol–water partition coefficient (Wildman–Crippen LogP) is 3.42. The Morgan fingerprint density at radius 1 is 1.12 bits per heavy atom. The third-order valence-corrected chi connectivity index (χ3v) is 3.49. The smallest absolute Gasteiger partial charge is 0.296 e. The monoisotopic (exact) mass is 325 g/mol. The number of anilines is 1. The van der Waals surface area contributed by atoms with Crippen molar-refractivity contribution in [1.82, 2.24) is 0 Å². The van der Waals surface area contributed by atoms with Crippen molar-refractivity contribution in [2.24, 2.45) is 0 Å². The first-order valence-corrected chi connectivity index (χ1v) is 7.38. The van der Waals surface area contributed by atoms with Crippen LogP contribution in [0.15, 0.2) is 48.5 Å². The molecule has 0 aliphatic rings. The summed E-state index contributed by atoms with van der Waals surface area (Å²) in [6.45, 7) is 3.79. The van der Waals surface area contributed by atoms with E-state index in [0.29, 0.717) is 17.0 Å². The topological polar surface area (TPSA) is 75.6 Å². The van der Waals surface area contributed by atoms with Crippen molar-refractivity contribution in [1.29, 1.82) is 0 Å². The lowest BCUT2D eigenvalue weighted by molar-refractivity contribution is -0.131. The molecule has 0 aliphatic carbocycles. The summed E-state index contributed by atoms with van der Waals surface area (Å²) < 4.78 is 5.06. The number of nitrogens with one attached hydrogen (secondary N) is 1. The first-order valence-electron chi connectivity index (χ1n) is 7.38. The standard InChI is InChI=1S/C19H19NO4/c1-12-7-8-16(13(2)9-12)20-19(23)18(22)11-17(21)14-5-4-6-15(10-14)24-3/h4-11,21H,1-3H3,(H,20,23)/b17-11-. The van der Waals surface area contributed by atoms with Crippen LogP contribution >= 0.6 is 0 Å². The quantitative estimate of drug-likeness (QED) is 0.502. The van der Waals surface area contributed by atoms with E-state index in [9.17, 15) is 14.7 Å². The highest BCUT2D eigenvalue weighted by Crippen LogP contribution is 2.19. The Hall–Kier alpha value is -3.08. The number of methoxy groups -OCH3 is 1. The number of rotatable bonds is 5. The van der Waals surface area contributed by atoms with Crippen LogP contribution in [0.2, 0.25) is 0 Å². The fraction of sp³-hybridized carbons (Fsp3) is 0.158. The van der Waals surface area contributed by atoms with E-state index < -0.39 is 11.7 Å². The summed E-state index contributed by atoms with van der Waals surface area (Å²) in [5.74, 6) is -1.40. The van der Waals surface area contributed by atoms with Crippen LogP contribution < -0.4 is 10.1 Å². The van der Waals surface area contributed by atoms with E-state index in [4.69, 9.17) is 4.74 Å². The van der Waals surface area contributed by atoms with Crippen molar-refractivity contribution < 1.29 is 19.4 Å². The van der Waals surface area contributed by atoms with E-state index in [1.807, 2.05) is 26.0 Å². The number of aliphatic hydroxyl groups excluding tert-OH is 1. The van der Waals surface area contributed by atoms with Gasteiger partial charge >= 0.3 is 0 Å². The molecule has 0 atom stereocenters. The number of aliphatic hydroxyl groups is 1. The number of ether oxygens (including phenoxy) is 1. The fourth-order valence-corrected chi connectivity index (χ4v) is 2.19. The number of hydrogen-bond acceptors (Lipinski definition) is 4. The van der Waals surface area contributed by atoms with Crippen LogP contribution in [0.4, 0.5) is 5.69 Å². The Morgan fingerprint density at radius 2 is 1.88 bits per heavy atom. The summed E-state index contributed by atoms with van der Waals surface area (Å²) in [6, 6.07) is 12.1. The zero-order chi connectivity index (χ0) is 17.7. The van der Waals surface area contributed by atoms with E-state index in [0.717, 1.165) is 17.2 Å². The Bertz CT molecular complexity index is 809. The van der Waals surface area contributed by atoms with E-state index in [1.165, 1.54) is 7.11 Å². The van der Waals surface area contributed by atoms with Crippen molar-refractivity contribution in [3.63, 3.8) is 0 Å². The van der Waals surface area contributed by atoms with Crippen molar-refractivity contribution in [3.05, 3.63) is 65.2 Å². The summed E-state index contributed by atoms with van der Waals surface area (Å²) >= 11 is 0. The molecule has 0 unspecified atom stereocenters. The summed E-state index contributed by atoms with van der Waals surface area (Å²) in [5.41, 5.74) is 2.87. The molecule has 2 rings (SSSR count). The van der Waals surface area contributed by atoms with Crippen molar-refractivity contribution in [2.75, 3.05) is 12.4 Å². The number of hydrogen-bond donors (Lipinski definition) is 2. The highest BCUT2D eigenvalue weighted by Gasteiger charge is 2.14. The molecule has 124 valence electrons. The third-order valence-electron chi connectivity index (χ3n) is 3.49. The number of carbonyl (C=O) groups is 2. The Labute approximate surface area is 140 Å². The van der Waals surface area contributed by atoms with Gasteiger partial charge in [0.1, 0.15) is 11.5 Å². The highest BCUT2D eigenvalue weighted by molar-refractivity contribution is 6.45. The van der Waals surface area contributed by atoms with Gasteiger partial charge in [-0.25, -0.2) is 0 Å². The number of carbonyl (C=O) groups excluding carboxylic acids is 2. The van der Waals surface area contributed by atoms with Gasteiger partial charge in [-0.15, -0.1) is 0 Å². The maximum atomic E-state index is 12.0. The lowest BCUT2D eigenvalue weighted by Gasteiger charge is -2.08. The van der Waals surface area contributed by atoms with Crippen LogP contribution in [-0.2, 0) is 9.59 Å². The average molecular weight is 325 g/mol. The van der Waals surface area contributed by atoms with Crippen LogP contribution in [0.5, 0.6) is 5.75 Å². The summed E-state index contributed by atoms with van der Waals surface area (Å²) in [7, 11) is 1.50. The van der Waals surface area contributed by atoms with Gasteiger partial charge in [0, 0.05) is 17.3 Å². The van der Waals surface area contributed by atoms with Gasteiger partial charge in [0.25, 0.3) is 5.91 Å². The van der Waals surface area contributed by atoms with Gasteiger partial charge in [-0.3, -0.25) is 9.59 Å². The van der Waals surface area contributed by atoms with E-state index in [2.05, 4.69) is 5.32 Å². The van der Waals surface area contributed by atoms with Crippen molar-refractivity contribution >= 4 is 23.1 Å². The van der Waals surface area contributed by atoms with Crippen LogP contribution in [-0.4, -0.2) is 23.9 Å². The van der Waals surface area contributed by atoms with Gasteiger partial charge < -0.3 is 15.2 Å². The number of ketones is 1. The lowest BCUT2D eigenvalue weighted by Crippen LogP contribution is -2.21. The molecule has 1 amide bonds. The molecule has 2 N–H and O–H groups in total. The van der Waals surface area contributed by atoms with Crippen LogP contribution in [0.3, 0.4) is 0 Å². The zero-order valence-electron chi connectivity index (χ0n) is 13.8. The normalized spacial score (nSPS) is 11.0. The molecule has 0 spiro atoms. The number of benzene rings is 2. The maximum Gasteiger partial charge on any atom is 0.296 e.